The van der Waals surface area contributed by atoms with E-state index in [1.807, 2.05) is 32.9 Å². The van der Waals surface area contributed by atoms with Crippen molar-refractivity contribution in [1.29, 1.82) is 0 Å². The van der Waals surface area contributed by atoms with E-state index in [0.29, 0.717) is 5.82 Å². The number of aromatic nitrogens is 2. The van der Waals surface area contributed by atoms with Gasteiger partial charge < -0.3 is 5.32 Å². The van der Waals surface area contributed by atoms with Gasteiger partial charge in [-0.25, -0.2) is 13.1 Å². The molecular formula is C19H22N4O3S2. The summed E-state index contributed by atoms with van der Waals surface area (Å²) in [4.78, 5) is 12.5. The van der Waals surface area contributed by atoms with Crippen molar-refractivity contribution in [3.63, 3.8) is 0 Å². The van der Waals surface area contributed by atoms with Crippen LogP contribution < -0.4 is 5.32 Å². The van der Waals surface area contributed by atoms with Crippen LogP contribution >= 0.6 is 11.3 Å². The molecule has 0 unspecified atom stereocenters. The predicted octanol–water partition coefficient (Wildman–Crippen LogP) is 3.12. The minimum Gasteiger partial charge on any atom is -0.309 e. The fraction of sp³-hybridized carbons (Fsp3) is 0.263. The largest absolute Gasteiger partial charge is 0.309 e. The van der Waals surface area contributed by atoms with E-state index in [1.54, 1.807) is 22.2 Å². The Morgan fingerprint density at radius 2 is 1.86 bits per heavy atom. The Bertz CT molecular complexity index is 1080. The van der Waals surface area contributed by atoms with Crippen LogP contribution in [-0.4, -0.2) is 42.0 Å². The van der Waals surface area contributed by atoms with Crippen LogP contribution in [0.2, 0.25) is 0 Å². The Morgan fingerprint density at radius 3 is 2.46 bits per heavy atom. The van der Waals surface area contributed by atoms with Crippen LogP contribution in [0.4, 0.5) is 5.82 Å². The van der Waals surface area contributed by atoms with Crippen molar-refractivity contribution in [3.05, 3.63) is 58.6 Å². The molecule has 1 aromatic carbocycles. The number of amides is 1. The van der Waals surface area contributed by atoms with Crippen molar-refractivity contribution in [3.8, 4) is 5.69 Å². The van der Waals surface area contributed by atoms with Gasteiger partial charge in [-0.15, -0.1) is 11.3 Å². The van der Waals surface area contributed by atoms with Gasteiger partial charge in [-0.05, 0) is 55.5 Å². The van der Waals surface area contributed by atoms with Gasteiger partial charge in [0.15, 0.2) is 0 Å². The summed E-state index contributed by atoms with van der Waals surface area (Å²) >= 11 is 1.12. The highest BCUT2D eigenvalue weighted by atomic mass is 32.2. The third-order valence-electron chi connectivity index (χ3n) is 4.08. The standard InChI is InChI=1S/C19H22N4O3S2/c1-13-8-14(2)10-16(9-13)23-17(11-15(3)21-23)20-18(24)12-22(4)28(25,26)19-6-5-7-27-19/h5-11H,12H2,1-4H3,(H,20,24). The molecular weight excluding hydrogens is 396 g/mol. The van der Waals surface area contributed by atoms with Gasteiger partial charge in [0.25, 0.3) is 10.0 Å². The second-order valence-corrected chi connectivity index (χ2v) is 9.89. The van der Waals surface area contributed by atoms with E-state index < -0.39 is 15.9 Å². The second kappa shape index (κ2) is 7.86. The summed E-state index contributed by atoms with van der Waals surface area (Å²) < 4.78 is 27.9. The van der Waals surface area contributed by atoms with Gasteiger partial charge in [0.05, 0.1) is 17.9 Å². The van der Waals surface area contributed by atoms with E-state index in [0.717, 1.165) is 38.2 Å². The van der Waals surface area contributed by atoms with Crippen molar-refractivity contribution >= 4 is 33.1 Å². The topological polar surface area (TPSA) is 84.3 Å². The number of likely N-dealkylation sites (N-methyl/N-ethyl adjacent to an activating group) is 1. The highest BCUT2D eigenvalue weighted by Crippen LogP contribution is 2.21. The molecule has 0 radical (unpaired) electrons. The van der Waals surface area contributed by atoms with Gasteiger partial charge in [-0.1, -0.05) is 12.1 Å². The van der Waals surface area contributed by atoms with Crippen LogP contribution in [-0.2, 0) is 14.8 Å². The Hall–Kier alpha value is -2.49. The minimum atomic E-state index is -3.68. The molecule has 28 heavy (non-hydrogen) atoms. The molecule has 9 heteroatoms. The van der Waals surface area contributed by atoms with Crippen molar-refractivity contribution in [1.82, 2.24) is 14.1 Å². The molecule has 0 spiro atoms. The SMILES string of the molecule is Cc1cc(C)cc(-n2nc(C)cc2NC(=O)CN(C)S(=O)(=O)c2cccs2)c1. The second-order valence-electron chi connectivity index (χ2n) is 6.67. The molecule has 1 amide bonds. The fourth-order valence-electron chi connectivity index (χ4n) is 2.89. The lowest BCUT2D eigenvalue weighted by atomic mass is 10.1. The molecule has 3 aromatic rings. The first kappa shape index (κ1) is 20.2. The Morgan fingerprint density at radius 1 is 1.18 bits per heavy atom. The number of rotatable bonds is 6. The summed E-state index contributed by atoms with van der Waals surface area (Å²) in [6.07, 6.45) is 0. The molecule has 0 fully saturated rings. The number of sulfonamides is 1. The first-order valence-electron chi connectivity index (χ1n) is 8.62. The summed E-state index contributed by atoms with van der Waals surface area (Å²) in [5.74, 6) is 0.0579. The van der Waals surface area contributed by atoms with E-state index in [1.165, 1.54) is 13.1 Å². The Balaban J connectivity index is 1.80. The van der Waals surface area contributed by atoms with Gasteiger partial charge >= 0.3 is 0 Å². The minimum absolute atomic E-state index is 0.207. The number of carbonyl (C=O) groups is 1. The molecule has 1 N–H and O–H groups in total. The summed E-state index contributed by atoms with van der Waals surface area (Å²) in [6, 6.07) is 10.9. The van der Waals surface area contributed by atoms with Crippen LogP contribution in [0.15, 0.2) is 46.0 Å². The van der Waals surface area contributed by atoms with E-state index in [9.17, 15) is 13.2 Å². The monoisotopic (exact) mass is 418 g/mol. The smallest absolute Gasteiger partial charge is 0.252 e. The zero-order chi connectivity index (χ0) is 20.5. The van der Waals surface area contributed by atoms with Crippen LogP contribution in [0, 0.1) is 20.8 Å². The van der Waals surface area contributed by atoms with Crippen LogP contribution in [0.5, 0.6) is 0 Å². The number of carbonyl (C=O) groups excluding carboxylic acids is 1. The maximum atomic E-state index is 12.5. The van der Waals surface area contributed by atoms with Crippen molar-refractivity contribution in [2.24, 2.45) is 0 Å². The average Bonchev–Trinajstić information content (AvgIpc) is 3.24. The number of benzene rings is 1. The highest BCUT2D eigenvalue weighted by molar-refractivity contribution is 7.91. The normalized spacial score (nSPS) is 11.8. The van der Waals surface area contributed by atoms with E-state index in [2.05, 4.69) is 16.5 Å². The molecule has 7 nitrogen and oxygen atoms in total. The lowest BCUT2D eigenvalue weighted by Gasteiger charge is -2.16. The van der Waals surface area contributed by atoms with E-state index in [-0.39, 0.29) is 10.8 Å². The maximum Gasteiger partial charge on any atom is 0.252 e. The van der Waals surface area contributed by atoms with Crippen molar-refractivity contribution in [2.75, 3.05) is 18.9 Å². The number of hydrogen-bond donors (Lipinski definition) is 1. The number of anilines is 1. The summed E-state index contributed by atoms with van der Waals surface area (Å²) in [6.45, 7) is 5.53. The zero-order valence-corrected chi connectivity index (χ0v) is 17.8. The molecule has 3 rings (SSSR count). The quantitative estimate of drug-likeness (QED) is 0.667. The Labute approximate surface area is 168 Å². The summed E-state index contributed by atoms with van der Waals surface area (Å²) in [5.41, 5.74) is 3.75. The van der Waals surface area contributed by atoms with Crippen molar-refractivity contribution < 1.29 is 13.2 Å². The van der Waals surface area contributed by atoms with Gasteiger partial charge in [0.2, 0.25) is 5.91 Å². The molecule has 2 heterocycles. The summed E-state index contributed by atoms with van der Waals surface area (Å²) in [5, 5.41) is 8.92. The average molecular weight is 419 g/mol. The number of nitrogens with one attached hydrogen (secondary N) is 1. The molecule has 0 aliphatic carbocycles. The number of aryl methyl sites for hydroxylation is 3. The molecule has 2 aromatic heterocycles. The van der Waals surface area contributed by atoms with Crippen LogP contribution in [0.25, 0.3) is 5.69 Å². The fourth-order valence-corrected chi connectivity index (χ4v) is 5.22. The van der Waals surface area contributed by atoms with E-state index >= 15 is 0 Å². The molecule has 0 atom stereocenters. The molecule has 0 aliphatic heterocycles. The predicted molar refractivity (Wildman–Crippen MR) is 111 cm³/mol. The van der Waals surface area contributed by atoms with Crippen molar-refractivity contribution in [2.45, 2.75) is 25.0 Å². The van der Waals surface area contributed by atoms with Gasteiger partial charge in [0.1, 0.15) is 10.0 Å². The van der Waals surface area contributed by atoms with Gasteiger partial charge in [0, 0.05) is 13.1 Å². The third-order valence-corrected chi connectivity index (χ3v) is 7.25. The van der Waals surface area contributed by atoms with E-state index in [4.69, 9.17) is 0 Å². The van der Waals surface area contributed by atoms with Gasteiger partial charge in [-0.2, -0.15) is 9.40 Å². The number of hydrogen-bond acceptors (Lipinski definition) is 5. The maximum absolute atomic E-state index is 12.5. The number of thiophene rings is 1. The molecule has 0 aliphatic rings. The zero-order valence-electron chi connectivity index (χ0n) is 16.1. The molecule has 0 saturated heterocycles. The third kappa shape index (κ3) is 4.32. The lowest BCUT2D eigenvalue weighted by Crippen LogP contribution is -2.35. The van der Waals surface area contributed by atoms with Gasteiger partial charge in [-0.3, -0.25) is 4.79 Å². The first-order chi connectivity index (χ1) is 13.2. The highest BCUT2D eigenvalue weighted by Gasteiger charge is 2.24. The molecule has 148 valence electrons. The molecule has 0 saturated carbocycles. The number of nitrogens with zero attached hydrogens (tertiary/aromatic N) is 3. The lowest BCUT2D eigenvalue weighted by molar-refractivity contribution is -0.116. The van der Waals surface area contributed by atoms with Crippen LogP contribution in [0.1, 0.15) is 16.8 Å². The van der Waals surface area contributed by atoms with Crippen LogP contribution in [0.3, 0.4) is 0 Å². The first-order valence-corrected chi connectivity index (χ1v) is 10.9. The summed E-state index contributed by atoms with van der Waals surface area (Å²) in [7, 11) is -2.29. The Kier molecular flexibility index (Phi) is 5.69. The molecule has 0 bridgehead atoms.